The van der Waals surface area contributed by atoms with Crippen LogP contribution < -0.4 is 15.1 Å². The van der Waals surface area contributed by atoms with Crippen LogP contribution in [0.1, 0.15) is 18.4 Å². The first-order valence-corrected chi connectivity index (χ1v) is 6.85. The molecule has 0 aromatic heterocycles. The van der Waals surface area contributed by atoms with Crippen LogP contribution in [0.5, 0.6) is 0 Å². The minimum Gasteiger partial charge on any atom is -0.377 e. The Labute approximate surface area is 122 Å². The molecule has 110 valence electrons. The topological polar surface area (TPSA) is 69.7 Å². The molecule has 1 N–H and O–H groups in total. The van der Waals surface area contributed by atoms with Crippen LogP contribution >= 0.6 is 0 Å². The van der Waals surface area contributed by atoms with E-state index >= 15 is 0 Å². The van der Waals surface area contributed by atoms with Crippen LogP contribution in [0.2, 0.25) is 0 Å². The number of hydrogen-bond donors (Lipinski definition) is 1. The minimum absolute atomic E-state index is 0.412. The van der Waals surface area contributed by atoms with E-state index in [0.29, 0.717) is 18.5 Å². The Morgan fingerprint density at radius 2 is 1.86 bits per heavy atom. The van der Waals surface area contributed by atoms with Gasteiger partial charge in [0.2, 0.25) is 5.91 Å². The molecule has 1 aliphatic carbocycles. The lowest BCUT2D eigenvalue weighted by Gasteiger charge is -2.31. The molecule has 0 atom stereocenters. The first kappa shape index (κ1) is 13.6. The average molecular weight is 287 g/mol. The summed E-state index contributed by atoms with van der Waals surface area (Å²) >= 11 is 0. The van der Waals surface area contributed by atoms with Gasteiger partial charge in [-0.25, -0.2) is 9.69 Å². The van der Waals surface area contributed by atoms with Gasteiger partial charge in [0, 0.05) is 19.8 Å². The lowest BCUT2D eigenvalue weighted by atomic mass is 10.0. The normalized spacial score (nSPS) is 19.8. The second kappa shape index (κ2) is 4.31. The van der Waals surface area contributed by atoms with Crippen molar-refractivity contribution in [2.24, 2.45) is 5.41 Å². The Kier molecular flexibility index (Phi) is 2.79. The number of hydrogen-bond acceptors (Lipinski definition) is 4. The third-order valence-electron chi connectivity index (χ3n) is 4.15. The van der Waals surface area contributed by atoms with E-state index in [4.69, 9.17) is 0 Å². The summed E-state index contributed by atoms with van der Waals surface area (Å²) in [7, 11) is 3.80. The second-order valence-corrected chi connectivity index (χ2v) is 5.85. The summed E-state index contributed by atoms with van der Waals surface area (Å²) in [5.41, 5.74) is 1.45. The predicted molar refractivity (Wildman–Crippen MR) is 78.2 cm³/mol. The standard InChI is InChI=1S/C15H17N3O3/c1-9-4-5-10(8-11(9)17(2)3)18-13(20)15(6-7-15)12(19)16-14(18)21/h4-5,8H,6-7H2,1-3H3,(H,16,19,21). The molecule has 2 aliphatic rings. The summed E-state index contributed by atoms with van der Waals surface area (Å²) < 4.78 is 0. The van der Waals surface area contributed by atoms with Crippen molar-refractivity contribution in [3.8, 4) is 0 Å². The molecule has 1 aliphatic heterocycles. The maximum Gasteiger partial charge on any atom is 0.335 e. The highest BCUT2D eigenvalue weighted by atomic mass is 16.2. The van der Waals surface area contributed by atoms with Gasteiger partial charge < -0.3 is 4.90 Å². The van der Waals surface area contributed by atoms with E-state index in [9.17, 15) is 14.4 Å². The first-order valence-electron chi connectivity index (χ1n) is 6.85. The number of imide groups is 2. The fraction of sp³-hybridized carbons (Fsp3) is 0.400. The molecule has 0 bridgehead atoms. The first-order chi connectivity index (χ1) is 9.86. The van der Waals surface area contributed by atoms with Crippen molar-refractivity contribution in [1.82, 2.24) is 5.32 Å². The lowest BCUT2D eigenvalue weighted by molar-refractivity contribution is -0.136. The maximum atomic E-state index is 12.5. The van der Waals surface area contributed by atoms with Crippen molar-refractivity contribution in [1.29, 1.82) is 0 Å². The summed E-state index contributed by atoms with van der Waals surface area (Å²) in [5.74, 6) is -0.876. The van der Waals surface area contributed by atoms with Crippen LogP contribution in [0.4, 0.5) is 16.2 Å². The van der Waals surface area contributed by atoms with Crippen molar-refractivity contribution < 1.29 is 14.4 Å². The molecule has 21 heavy (non-hydrogen) atoms. The van der Waals surface area contributed by atoms with Crippen molar-refractivity contribution >= 4 is 29.2 Å². The van der Waals surface area contributed by atoms with Crippen LogP contribution in [0.15, 0.2) is 18.2 Å². The summed E-state index contributed by atoms with van der Waals surface area (Å²) in [4.78, 5) is 39.4. The Bertz CT molecular complexity index is 662. The van der Waals surface area contributed by atoms with E-state index < -0.39 is 23.3 Å². The number of aryl methyl sites for hydroxylation is 1. The fourth-order valence-electron chi connectivity index (χ4n) is 2.70. The van der Waals surface area contributed by atoms with Crippen LogP contribution in [-0.4, -0.2) is 31.9 Å². The number of urea groups is 1. The molecule has 1 heterocycles. The van der Waals surface area contributed by atoms with Crippen molar-refractivity contribution in [3.63, 3.8) is 0 Å². The number of rotatable bonds is 2. The number of barbiturate groups is 1. The van der Waals surface area contributed by atoms with E-state index in [1.54, 1.807) is 12.1 Å². The third kappa shape index (κ3) is 1.90. The smallest absolute Gasteiger partial charge is 0.335 e. The molecule has 2 fully saturated rings. The van der Waals surface area contributed by atoms with Gasteiger partial charge in [-0.05, 0) is 37.5 Å². The number of benzene rings is 1. The van der Waals surface area contributed by atoms with Gasteiger partial charge in [0.25, 0.3) is 5.91 Å². The highest BCUT2D eigenvalue weighted by Crippen LogP contribution is 2.49. The molecule has 1 saturated carbocycles. The molecular weight excluding hydrogens is 270 g/mol. The van der Waals surface area contributed by atoms with Crippen LogP contribution in [0, 0.1) is 12.3 Å². The van der Waals surface area contributed by atoms with E-state index in [2.05, 4.69) is 5.32 Å². The number of nitrogens with zero attached hydrogens (tertiary/aromatic N) is 2. The van der Waals surface area contributed by atoms with Crippen molar-refractivity contribution in [2.75, 3.05) is 23.9 Å². The fourth-order valence-corrected chi connectivity index (χ4v) is 2.70. The molecule has 1 aromatic rings. The molecule has 1 spiro atoms. The number of carbonyl (C=O) groups is 3. The summed E-state index contributed by atoms with van der Waals surface area (Å²) in [6, 6.07) is 4.71. The Hall–Kier alpha value is -2.37. The summed E-state index contributed by atoms with van der Waals surface area (Å²) in [5, 5.41) is 2.29. The average Bonchev–Trinajstić information content (AvgIpc) is 3.20. The van der Waals surface area contributed by atoms with Crippen LogP contribution in [0.3, 0.4) is 0 Å². The van der Waals surface area contributed by atoms with Crippen LogP contribution in [0.25, 0.3) is 0 Å². The zero-order valence-electron chi connectivity index (χ0n) is 12.3. The second-order valence-electron chi connectivity index (χ2n) is 5.85. The number of amides is 4. The molecular formula is C15H17N3O3. The van der Waals surface area contributed by atoms with Gasteiger partial charge in [0.05, 0.1) is 5.69 Å². The lowest BCUT2D eigenvalue weighted by Crippen LogP contribution is -2.59. The Balaban J connectivity index is 2.03. The van der Waals surface area contributed by atoms with E-state index in [1.165, 1.54) is 0 Å². The zero-order chi connectivity index (χ0) is 15.4. The van der Waals surface area contributed by atoms with E-state index in [0.717, 1.165) is 16.2 Å². The van der Waals surface area contributed by atoms with Crippen molar-refractivity contribution in [2.45, 2.75) is 19.8 Å². The molecule has 6 heteroatoms. The van der Waals surface area contributed by atoms with Gasteiger partial charge >= 0.3 is 6.03 Å². The quantitative estimate of drug-likeness (QED) is 0.835. The minimum atomic E-state index is -1.02. The zero-order valence-corrected chi connectivity index (χ0v) is 12.3. The van der Waals surface area contributed by atoms with Gasteiger partial charge in [-0.2, -0.15) is 0 Å². The molecule has 6 nitrogen and oxygen atoms in total. The van der Waals surface area contributed by atoms with Gasteiger partial charge in [0.1, 0.15) is 5.41 Å². The number of carbonyl (C=O) groups excluding carboxylic acids is 3. The summed E-state index contributed by atoms with van der Waals surface area (Å²) in [6.07, 6.45) is 1.02. The molecule has 1 aromatic carbocycles. The number of nitrogens with one attached hydrogen (secondary N) is 1. The largest absolute Gasteiger partial charge is 0.377 e. The highest BCUT2D eigenvalue weighted by Gasteiger charge is 2.62. The molecule has 0 radical (unpaired) electrons. The molecule has 3 rings (SSSR count). The Morgan fingerprint density at radius 3 is 2.43 bits per heavy atom. The monoisotopic (exact) mass is 287 g/mol. The number of anilines is 2. The van der Waals surface area contributed by atoms with E-state index in [1.807, 2.05) is 32.0 Å². The SMILES string of the molecule is Cc1ccc(N2C(=O)NC(=O)C3(CC3)C2=O)cc1N(C)C. The molecule has 1 saturated heterocycles. The van der Waals surface area contributed by atoms with Gasteiger partial charge in [-0.15, -0.1) is 0 Å². The summed E-state index contributed by atoms with van der Waals surface area (Å²) in [6.45, 7) is 1.96. The van der Waals surface area contributed by atoms with Gasteiger partial charge in [-0.1, -0.05) is 6.07 Å². The highest BCUT2D eigenvalue weighted by molar-refractivity contribution is 6.31. The molecule has 0 unspecified atom stereocenters. The maximum absolute atomic E-state index is 12.5. The third-order valence-corrected chi connectivity index (χ3v) is 4.15. The molecule has 4 amide bonds. The Morgan fingerprint density at radius 1 is 1.19 bits per heavy atom. The van der Waals surface area contributed by atoms with Crippen molar-refractivity contribution in [3.05, 3.63) is 23.8 Å². The van der Waals surface area contributed by atoms with Gasteiger partial charge in [-0.3, -0.25) is 14.9 Å². The predicted octanol–water partition coefficient (Wildman–Crippen LogP) is 1.42. The van der Waals surface area contributed by atoms with Crippen LogP contribution in [-0.2, 0) is 9.59 Å². The van der Waals surface area contributed by atoms with Gasteiger partial charge in [0.15, 0.2) is 0 Å². The van der Waals surface area contributed by atoms with E-state index in [-0.39, 0.29) is 0 Å².